The molecular weight excluding hydrogens is 450 g/mol. The fourth-order valence-electron chi connectivity index (χ4n) is 4.37. The van der Waals surface area contributed by atoms with Gasteiger partial charge in [0.05, 0.1) is 11.3 Å². The number of aromatic nitrogens is 2. The van der Waals surface area contributed by atoms with Gasteiger partial charge < -0.3 is 5.32 Å². The van der Waals surface area contributed by atoms with Crippen molar-refractivity contribution in [3.63, 3.8) is 0 Å². The highest BCUT2D eigenvalue weighted by molar-refractivity contribution is 8.00. The molecule has 0 spiro atoms. The fraction of sp³-hybridized carbons (Fsp3) is 0.167. The predicted molar refractivity (Wildman–Crippen MR) is 147 cm³/mol. The number of nitrogens with one attached hydrogen (secondary N) is 1. The minimum atomic E-state index is -0.0283. The molecule has 1 N–H and O–H groups in total. The number of carbonyl (C=O) groups is 1. The lowest BCUT2D eigenvalue weighted by Crippen LogP contribution is -2.17. The van der Waals surface area contributed by atoms with Crippen LogP contribution in [-0.4, -0.2) is 21.6 Å². The van der Waals surface area contributed by atoms with Gasteiger partial charge in [0.15, 0.2) is 5.82 Å². The zero-order chi connectivity index (χ0) is 24.2. The maximum absolute atomic E-state index is 13.1. The van der Waals surface area contributed by atoms with Crippen LogP contribution in [0.3, 0.4) is 0 Å². The normalized spacial score (nSPS) is 11.1. The molecular formula is C30H27N3OS. The Morgan fingerprint density at radius 2 is 1.49 bits per heavy atom. The molecule has 5 aromatic rings. The van der Waals surface area contributed by atoms with Crippen molar-refractivity contribution >= 4 is 45.0 Å². The summed E-state index contributed by atoms with van der Waals surface area (Å²) in [4.78, 5) is 22.9. The molecule has 0 bridgehead atoms. The van der Waals surface area contributed by atoms with E-state index in [0.717, 1.165) is 61.9 Å². The first-order valence-corrected chi connectivity index (χ1v) is 12.9. The third-order valence-corrected chi connectivity index (χ3v) is 7.18. The Morgan fingerprint density at radius 3 is 2.23 bits per heavy atom. The molecule has 4 aromatic carbocycles. The summed E-state index contributed by atoms with van der Waals surface area (Å²) >= 11 is 1.46. The minimum Gasteiger partial charge on any atom is -0.325 e. The van der Waals surface area contributed by atoms with Crippen LogP contribution in [0.4, 0.5) is 5.69 Å². The third-order valence-electron chi connectivity index (χ3n) is 6.19. The van der Waals surface area contributed by atoms with Crippen molar-refractivity contribution in [3.8, 4) is 11.4 Å². The van der Waals surface area contributed by atoms with Gasteiger partial charge in [-0.1, -0.05) is 104 Å². The van der Waals surface area contributed by atoms with E-state index in [0.29, 0.717) is 5.82 Å². The number of aryl methyl sites for hydroxylation is 2. The Balaban J connectivity index is 1.50. The zero-order valence-corrected chi connectivity index (χ0v) is 20.7. The topological polar surface area (TPSA) is 54.9 Å². The molecule has 0 aliphatic heterocycles. The number of nitrogens with zero attached hydrogens (tertiary/aromatic N) is 2. The van der Waals surface area contributed by atoms with Crippen molar-refractivity contribution < 1.29 is 4.79 Å². The number of benzene rings is 4. The molecule has 1 heterocycles. The van der Waals surface area contributed by atoms with Gasteiger partial charge in [0.2, 0.25) is 5.91 Å². The molecule has 0 fully saturated rings. The Labute approximate surface area is 209 Å². The molecule has 0 radical (unpaired) electrons. The lowest BCUT2D eigenvalue weighted by Gasteiger charge is -2.15. The number of rotatable bonds is 7. The molecule has 174 valence electrons. The van der Waals surface area contributed by atoms with Crippen LogP contribution in [-0.2, 0) is 17.6 Å². The molecule has 35 heavy (non-hydrogen) atoms. The van der Waals surface area contributed by atoms with E-state index in [4.69, 9.17) is 9.97 Å². The van der Waals surface area contributed by atoms with Crippen LogP contribution in [0.5, 0.6) is 0 Å². The van der Waals surface area contributed by atoms with Gasteiger partial charge in [-0.3, -0.25) is 4.79 Å². The Morgan fingerprint density at radius 1 is 0.771 bits per heavy atom. The number of anilines is 1. The second-order valence-corrected chi connectivity index (χ2v) is 9.36. The van der Waals surface area contributed by atoms with E-state index in [1.807, 2.05) is 42.5 Å². The van der Waals surface area contributed by atoms with Gasteiger partial charge in [-0.2, -0.15) is 0 Å². The van der Waals surface area contributed by atoms with Gasteiger partial charge in [0.1, 0.15) is 5.03 Å². The summed E-state index contributed by atoms with van der Waals surface area (Å²) in [5, 5.41) is 7.17. The average molecular weight is 478 g/mol. The minimum absolute atomic E-state index is 0.0283. The van der Waals surface area contributed by atoms with Crippen LogP contribution in [0.25, 0.3) is 33.1 Å². The summed E-state index contributed by atoms with van der Waals surface area (Å²) in [5.74, 6) is 0.912. The van der Waals surface area contributed by atoms with Gasteiger partial charge in [-0.15, -0.1) is 0 Å². The number of thioether (sulfide) groups is 1. The summed E-state index contributed by atoms with van der Waals surface area (Å²) in [6, 6.07) is 28.6. The van der Waals surface area contributed by atoms with Gasteiger partial charge in [0, 0.05) is 22.0 Å². The third kappa shape index (κ3) is 4.77. The molecule has 0 aliphatic rings. The number of amides is 1. The molecule has 1 aromatic heterocycles. The van der Waals surface area contributed by atoms with Crippen molar-refractivity contribution in [1.29, 1.82) is 0 Å². The van der Waals surface area contributed by atoms with Gasteiger partial charge in [-0.05, 0) is 35.4 Å². The molecule has 0 atom stereocenters. The smallest absolute Gasteiger partial charge is 0.234 e. The van der Waals surface area contributed by atoms with Crippen molar-refractivity contribution in [3.05, 3.63) is 96.1 Å². The number of hydrogen-bond donors (Lipinski definition) is 1. The highest BCUT2D eigenvalue weighted by Gasteiger charge is 2.15. The number of hydrogen-bond acceptors (Lipinski definition) is 4. The molecule has 0 unspecified atom stereocenters. The summed E-state index contributed by atoms with van der Waals surface area (Å²) in [5.41, 5.74) is 5.13. The molecule has 5 heteroatoms. The molecule has 4 nitrogen and oxygen atoms in total. The quantitative estimate of drug-likeness (QED) is 0.152. The van der Waals surface area contributed by atoms with E-state index < -0.39 is 0 Å². The van der Waals surface area contributed by atoms with Crippen LogP contribution in [0.15, 0.2) is 90.0 Å². The van der Waals surface area contributed by atoms with Crippen LogP contribution in [0.2, 0.25) is 0 Å². The lowest BCUT2D eigenvalue weighted by atomic mass is 10.0. The number of para-hydroxylation sites is 1. The van der Waals surface area contributed by atoms with E-state index in [2.05, 4.69) is 61.6 Å². The Kier molecular flexibility index (Phi) is 6.77. The molecule has 1 amide bonds. The Hall–Kier alpha value is -3.70. The monoisotopic (exact) mass is 477 g/mol. The van der Waals surface area contributed by atoms with Crippen molar-refractivity contribution in [1.82, 2.24) is 9.97 Å². The largest absolute Gasteiger partial charge is 0.325 e. The van der Waals surface area contributed by atoms with Crippen molar-refractivity contribution in [2.75, 3.05) is 11.1 Å². The van der Waals surface area contributed by atoms with Crippen LogP contribution in [0.1, 0.15) is 25.0 Å². The zero-order valence-electron chi connectivity index (χ0n) is 19.9. The second kappa shape index (κ2) is 10.3. The van der Waals surface area contributed by atoms with E-state index in [9.17, 15) is 4.79 Å². The summed E-state index contributed by atoms with van der Waals surface area (Å²) < 4.78 is 0. The highest BCUT2D eigenvalue weighted by atomic mass is 32.2. The van der Waals surface area contributed by atoms with Crippen LogP contribution in [0, 0.1) is 0 Å². The summed E-state index contributed by atoms with van der Waals surface area (Å²) in [6.45, 7) is 4.23. The van der Waals surface area contributed by atoms with Gasteiger partial charge in [-0.25, -0.2) is 9.97 Å². The standard InChI is InChI=1S/C30H27N3OS/c1-3-20-14-10-15-21(4-2)27(20)31-26(34)19-35-30-25-18-17-22-11-8-9-16-24(22)28(25)32-29(33-30)23-12-6-5-7-13-23/h5-18H,3-4,19H2,1-2H3,(H,31,34). The maximum Gasteiger partial charge on any atom is 0.234 e. The van der Waals surface area contributed by atoms with Crippen molar-refractivity contribution in [2.24, 2.45) is 0 Å². The van der Waals surface area contributed by atoms with E-state index in [1.165, 1.54) is 11.8 Å². The SMILES string of the molecule is CCc1cccc(CC)c1NC(=O)CSc1nc(-c2ccccc2)nc2c1ccc1ccccc12. The fourth-order valence-corrected chi connectivity index (χ4v) is 5.19. The first kappa shape index (κ1) is 23.1. The second-order valence-electron chi connectivity index (χ2n) is 8.40. The highest BCUT2D eigenvalue weighted by Crippen LogP contribution is 2.33. The maximum atomic E-state index is 13.1. The molecule has 0 saturated carbocycles. The van der Waals surface area contributed by atoms with Gasteiger partial charge >= 0.3 is 0 Å². The first-order chi connectivity index (χ1) is 17.2. The average Bonchev–Trinajstić information content (AvgIpc) is 2.92. The number of fused-ring (bicyclic) bond motifs is 3. The van der Waals surface area contributed by atoms with Crippen LogP contribution >= 0.6 is 11.8 Å². The molecule has 0 saturated heterocycles. The predicted octanol–water partition coefficient (Wildman–Crippen LogP) is 7.31. The van der Waals surface area contributed by atoms with E-state index in [-0.39, 0.29) is 11.7 Å². The molecule has 5 rings (SSSR count). The summed E-state index contributed by atoms with van der Waals surface area (Å²) in [6.07, 6.45) is 1.75. The van der Waals surface area contributed by atoms with Crippen LogP contribution < -0.4 is 5.32 Å². The first-order valence-electron chi connectivity index (χ1n) is 12.0. The lowest BCUT2D eigenvalue weighted by molar-refractivity contribution is -0.113. The summed E-state index contributed by atoms with van der Waals surface area (Å²) in [7, 11) is 0. The molecule has 0 aliphatic carbocycles. The van der Waals surface area contributed by atoms with Gasteiger partial charge in [0.25, 0.3) is 0 Å². The Bertz CT molecular complexity index is 1490. The number of carbonyl (C=O) groups excluding carboxylic acids is 1. The van der Waals surface area contributed by atoms with E-state index >= 15 is 0 Å². The van der Waals surface area contributed by atoms with Crippen molar-refractivity contribution in [2.45, 2.75) is 31.7 Å². The van der Waals surface area contributed by atoms with E-state index in [1.54, 1.807) is 0 Å².